The summed E-state index contributed by atoms with van der Waals surface area (Å²) in [7, 11) is 0. The number of aromatic nitrogens is 2. The number of aliphatic hydroxyl groups excluding tert-OH is 1. The van der Waals surface area contributed by atoms with E-state index in [0.717, 1.165) is 22.7 Å². The largest absolute Gasteiger partial charge is 0.416 e. The fourth-order valence-electron chi connectivity index (χ4n) is 3.85. The van der Waals surface area contributed by atoms with Crippen molar-refractivity contribution in [1.29, 1.82) is 0 Å². The van der Waals surface area contributed by atoms with Crippen molar-refractivity contribution in [2.45, 2.75) is 18.8 Å². The number of nitrogens with zero attached hydrogens (tertiary/aromatic N) is 3. The number of halogens is 5. The summed E-state index contributed by atoms with van der Waals surface area (Å²) in [6.07, 6.45) is -2.58. The van der Waals surface area contributed by atoms with Crippen molar-refractivity contribution in [3.63, 3.8) is 0 Å². The molecule has 37 heavy (non-hydrogen) atoms. The molecule has 196 valence electrons. The molecule has 1 saturated heterocycles. The highest BCUT2D eigenvalue weighted by molar-refractivity contribution is 8.18. The zero-order chi connectivity index (χ0) is 26.7. The van der Waals surface area contributed by atoms with Crippen LogP contribution in [0.25, 0.3) is 17.0 Å². The number of amides is 2. The van der Waals surface area contributed by atoms with E-state index in [4.69, 9.17) is 11.6 Å². The minimum atomic E-state index is -4.57. The van der Waals surface area contributed by atoms with Gasteiger partial charge in [-0.25, -0.2) is 4.39 Å². The molecule has 1 aliphatic heterocycles. The normalized spacial score (nSPS) is 16.4. The van der Waals surface area contributed by atoms with E-state index < -0.39 is 35.7 Å². The summed E-state index contributed by atoms with van der Waals surface area (Å²) in [5, 5.41) is 17.0. The molecule has 0 saturated carbocycles. The van der Waals surface area contributed by atoms with Crippen LogP contribution in [0.4, 0.5) is 22.4 Å². The van der Waals surface area contributed by atoms with Gasteiger partial charge >= 0.3 is 6.18 Å². The standard InChI is InChI=1S/C24H21ClF4N4O3S/c25-17-3-2-15(19(9-17)24(27,28)29)12-33-20-4-1-14(7-16(20)10-31-33)8-21-22(35)32(23(36)37-21)13-18(34)11-30-6-5-26/h1-4,7-10,18,30,34H,5-6,11-13H2/b21-8-/t18-/m1/s1. The van der Waals surface area contributed by atoms with Gasteiger partial charge in [0.15, 0.2) is 0 Å². The topological polar surface area (TPSA) is 87.5 Å². The summed E-state index contributed by atoms with van der Waals surface area (Å²) in [5.74, 6) is -0.558. The molecule has 2 heterocycles. The number of nitrogens with one attached hydrogen (secondary N) is 1. The van der Waals surface area contributed by atoms with E-state index in [1.165, 1.54) is 29.1 Å². The number of hydrogen-bond acceptors (Lipinski definition) is 6. The van der Waals surface area contributed by atoms with E-state index in [2.05, 4.69) is 10.4 Å². The third kappa shape index (κ3) is 6.32. The number of alkyl halides is 4. The van der Waals surface area contributed by atoms with Crippen molar-refractivity contribution < 1.29 is 32.3 Å². The monoisotopic (exact) mass is 556 g/mol. The molecular weight excluding hydrogens is 536 g/mol. The molecule has 2 amide bonds. The van der Waals surface area contributed by atoms with Crippen LogP contribution in [0, 0.1) is 0 Å². The van der Waals surface area contributed by atoms with E-state index >= 15 is 0 Å². The molecule has 0 spiro atoms. The lowest BCUT2D eigenvalue weighted by Gasteiger charge is -2.17. The maximum atomic E-state index is 13.5. The summed E-state index contributed by atoms with van der Waals surface area (Å²) in [4.78, 5) is 26.1. The number of benzene rings is 2. The average Bonchev–Trinajstić information content (AvgIpc) is 3.35. The fraction of sp³-hybridized carbons (Fsp3) is 0.292. The molecule has 1 atom stereocenters. The highest BCUT2D eigenvalue weighted by Crippen LogP contribution is 2.35. The number of rotatable bonds is 9. The van der Waals surface area contributed by atoms with Gasteiger partial charge in [0.2, 0.25) is 0 Å². The summed E-state index contributed by atoms with van der Waals surface area (Å²) >= 11 is 6.49. The maximum Gasteiger partial charge on any atom is 0.416 e. The molecule has 0 radical (unpaired) electrons. The Kier molecular flexibility index (Phi) is 8.22. The molecular formula is C24H21ClF4N4O3S. The second-order valence-electron chi connectivity index (χ2n) is 8.26. The van der Waals surface area contributed by atoms with E-state index in [1.54, 1.807) is 18.2 Å². The minimum Gasteiger partial charge on any atom is -0.390 e. The zero-order valence-electron chi connectivity index (χ0n) is 19.1. The van der Waals surface area contributed by atoms with Gasteiger partial charge in [0.05, 0.1) is 41.4 Å². The molecule has 0 bridgehead atoms. The smallest absolute Gasteiger partial charge is 0.390 e. The Bertz CT molecular complexity index is 1360. The van der Waals surface area contributed by atoms with Crippen LogP contribution in [0.3, 0.4) is 0 Å². The molecule has 7 nitrogen and oxygen atoms in total. The maximum absolute atomic E-state index is 13.5. The second kappa shape index (κ2) is 11.2. The lowest BCUT2D eigenvalue weighted by molar-refractivity contribution is -0.138. The molecule has 2 aromatic carbocycles. The number of carbonyl (C=O) groups excluding carboxylic acids is 2. The first kappa shape index (κ1) is 27.1. The van der Waals surface area contributed by atoms with E-state index in [0.29, 0.717) is 16.5 Å². The number of β-amino-alcohol motifs (C(OH)–C–C–N with tert-alkyl or cyclic N) is 1. The van der Waals surface area contributed by atoms with Crippen molar-refractivity contribution in [2.75, 3.05) is 26.3 Å². The third-order valence-corrected chi connectivity index (χ3v) is 6.72. The van der Waals surface area contributed by atoms with Crippen LogP contribution < -0.4 is 5.32 Å². The molecule has 2 N–H and O–H groups in total. The quantitative estimate of drug-likeness (QED) is 0.225. The Morgan fingerprint density at radius 3 is 2.70 bits per heavy atom. The second-order valence-corrected chi connectivity index (χ2v) is 9.69. The zero-order valence-corrected chi connectivity index (χ0v) is 20.7. The third-order valence-electron chi connectivity index (χ3n) is 5.58. The summed E-state index contributed by atoms with van der Waals surface area (Å²) < 4.78 is 54.0. The van der Waals surface area contributed by atoms with Gasteiger partial charge in [0, 0.05) is 23.5 Å². The highest BCUT2D eigenvalue weighted by atomic mass is 35.5. The number of thioether (sulfide) groups is 1. The number of carbonyl (C=O) groups is 2. The van der Waals surface area contributed by atoms with E-state index in [-0.39, 0.29) is 41.7 Å². The summed E-state index contributed by atoms with van der Waals surface area (Å²) in [6.45, 7) is -0.864. The van der Waals surface area contributed by atoms with Gasteiger partial charge in [-0.2, -0.15) is 18.3 Å². The van der Waals surface area contributed by atoms with Gasteiger partial charge in [0.1, 0.15) is 6.67 Å². The Morgan fingerprint density at radius 1 is 1.19 bits per heavy atom. The van der Waals surface area contributed by atoms with Crippen molar-refractivity contribution in [1.82, 2.24) is 20.0 Å². The number of imide groups is 1. The fourth-order valence-corrected chi connectivity index (χ4v) is 4.87. The minimum absolute atomic E-state index is 0.0153. The molecule has 0 unspecified atom stereocenters. The molecule has 0 aliphatic carbocycles. The lowest BCUT2D eigenvalue weighted by atomic mass is 10.1. The SMILES string of the molecule is O=C1S/C(=C\c2ccc3c(cnn3Cc3ccc(Cl)cc3C(F)(F)F)c2)C(=O)N1C[C@H](O)CNCCF. The van der Waals surface area contributed by atoms with Crippen molar-refractivity contribution >= 4 is 51.5 Å². The van der Waals surface area contributed by atoms with E-state index in [9.17, 15) is 32.3 Å². The van der Waals surface area contributed by atoms with Crippen LogP contribution >= 0.6 is 23.4 Å². The predicted molar refractivity (Wildman–Crippen MR) is 133 cm³/mol. The molecule has 3 aromatic rings. The van der Waals surface area contributed by atoms with Crippen molar-refractivity contribution in [3.8, 4) is 0 Å². The van der Waals surface area contributed by atoms with Crippen molar-refractivity contribution in [3.05, 3.63) is 69.2 Å². The first-order valence-corrected chi connectivity index (χ1v) is 12.3. The molecule has 4 rings (SSSR count). The first-order chi connectivity index (χ1) is 17.6. The van der Waals surface area contributed by atoms with Gasteiger partial charge in [-0.3, -0.25) is 19.2 Å². The van der Waals surface area contributed by atoms with Crippen LogP contribution in [0.2, 0.25) is 5.02 Å². The van der Waals surface area contributed by atoms with E-state index in [1.807, 2.05) is 0 Å². The van der Waals surface area contributed by atoms with Crippen molar-refractivity contribution in [2.24, 2.45) is 0 Å². The lowest BCUT2D eigenvalue weighted by Crippen LogP contribution is -2.40. The molecule has 1 aliphatic rings. The van der Waals surface area contributed by atoms with Gasteiger partial charge in [-0.05, 0) is 53.2 Å². The van der Waals surface area contributed by atoms with Gasteiger partial charge in [-0.1, -0.05) is 23.7 Å². The van der Waals surface area contributed by atoms with Crippen LogP contribution in [0.5, 0.6) is 0 Å². The number of hydrogen-bond donors (Lipinski definition) is 2. The van der Waals surface area contributed by atoms with Gasteiger partial charge < -0.3 is 10.4 Å². The van der Waals surface area contributed by atoms with Gasteiger partial charge in [-0.15, -0.1) is 0 Å². The molecule has 1 aromatic heterocycles. The predicted octanol–water partition coefficient (Wildman–Crippen LogP) is 4.71. The Hall–Kier alpha value is -2.93. The first-order valence-electron chi connectivity index (χ1n) is 11.1. The molecule has 1 fully saturated rings. The average molecular weight is 557 g/mol. The van der Waals surface area contributed by atoms with Gasteiger partial charge in [0.25, 0.3) is 11.1 Å². The number of aliphatic hydroxyl groups is 1. The Morgan fingerprint density at radius 2 is 1.97 bits per heavy atom. The Balaban J connectivity index is 1.51. The highest BCUT2D eigenvalue weighted by Gasteiger charge is 2.36. The molecule has 13 heteroatoms. The van der Waals surface area contributed by atoms with Crippen LogP contribution in [-0.4, -0.2) is 63.3 Å². The Labute approximate surface area is 218 Å². The summed E-state index contributed by atoms with van der Waals surface area (Å²) in [5.41, 5.74) is 0.350. The number of fused-ring (bicyclic) bond motifs is 1. The van der Waals surface area contributed by atoms with Crippen LogP contribution in [-0.2, 0) is 17.5 Å². The van der Waals surface area contributed by atoms with Crippen LogP contribution in [0.15, 0.2) is 47.5 Å². The van der Waals surface area contributed by atoms with Crippen LogP contribution in [0.1, 0.15) is 16.7 Å². The summed E-state index contributed by atoms with van der Waals surface area (Å²) in [6, 6.07) is 8.63.